The van der Waals surface area contributed by atoms with Gasteiger partial charge in [0.2, 0.25) is 5.95 Å². The Morgan fingerprint density at radius 1 is 1.19 bits per heavy atom. The molecule has 21 heavy (non-hydrogen) atoms. The van der Waals surface area contributed by atoms with Crippen LogP contribution in [0, 0.1) is 11.8 Å². The van der Waals surface area contributed by atoms with Crippen molar-refractivity contribution in [2.45, 2.75) is 26.7 Å². The van der Waals surface area contributed by atoms with Gasteiger partial charge in [-0.1, -0.05) is 26.0 Å². The number of hydrogen-bond donors (Lipinski definition) is 2. The van der Waals surface area contributed by atoms with Crippen LogP contribution in [0.4, 0.5) is 11.8 Å². The highest BCUT2D eigenvalue weighted by Crippen LogP contribution is 2.31. The Labute approximate surface area is 125 Å². The number of anilines is 2. The molecular weight excluding hydrogens is 262 g/mol. The number of hydrogen-bond acceptors (Lipinski definition) is 5. The van der Waals surface area contributed by atoms with Crippen molar-refractivity contribution in [3.05, 3.63) is 24.3 Å². The summed E-state index contributed by atoms with van der Waals surface area (Å²) in [5.41, 5.74) is 3.51. The third-order valence-electron chi connectivity index (χ3n) is 4.49. The fourth-order valence-corrected chi connectivity index (χ4v) is 3.14. The molecule has 3 N–H and O–H groups in total. The van der Waals surface area contributed by atoms with Crippen molar-refractivity contribution in [1.29, 1.82) is 0 Å². The normalized spacial score (nSPS) is 16.7. The van der Waals surface area contributed by atoms with Crippen molar-refractivity contribution in [2.24, 2.45) is 17.7 Å². The van der Waals surface area contributed by atoms with Crippen LogP contribution in [0.2, 0.25) is 0 Å². The Bertz CT molecular complexity index is 617. The van der Waals surface area contributed by atoms with Crippen molar-refractivity contribution < 1.29 is 0 Å². The summed E-state index contributed by atoms with van der Waals surface area (Å²) in [6, 6.07) is 8.11. The number of piperidine rings is 1. The van der Waals surface area contributed by atoms with Crippen molar-refractivity contribution >= 4 is 22.7 Å². The van der Waals surface area contributed by atoms with Crippen LogP contribution >= 0.6 is 0 Å². The van der Waals surface area contributed by atoms with Crippen molar-refractivity contribution in [2.75, 3.05) is 23.4 Å². The summed E-state index contributed by atoms with van der Waals surface area (Å²) < 4.78 is 0. The lowest BCUT2D eigenvalue weighted by Crippen LogP contribution is -2.36. The van der Waals surface area contributed by atoms with Gasteiger partial charge in [0, 0.05) is 18.5 Å². The van der Waals surface area contributed by atoms with E-state index in [4.69, 9.17) is 5.84 Å². The lowest BCUT2D eigenvalue weighted by atomic mass is 9.86. The molecule has 0 radical (unpaired) electrons. The average molecular weight is 285 g/mol. The quantitative estimate of drug-likeness (QED) is 0.670. The minimum absolute atomic E-state index is 0.481. The van der Waals surface area contributed by atoms with E-state index in [-0.39, 0.29) is 0 Å². The average Bonchev–Trinajstić information content (AvgIpc) is 2.53. The van der Waals surface area contributed by atoms with Crippen LogP contribution < -0.4 is 16.2 Å². The molecule has 2 heterocycles. The van der Waals surface area contributed by atoms with Crippen LogP contribution in [0.1, 0.15) is 26.7 Å². The second-order valence-corrected chi connectivity index (χ2v) is 6.10. The Hall–Kier alpha value is -1.88. The van der Waals surface area contributed by atoms with Gasteiger partial charge in [-0.2, -0.15) is 4.98 Å². The van der Waals surface area contributed by atoms with Crippen LogP contribution in [-0.4, -0.2) is 23.1 Å². The zero-order valence-corrected chi connectivity index (χ0v) is 12.7. The second kappa shape index (κ2) is 5.85. The van der Waals surface area contributed by atoms with Crippen LogP contribution in [0.5, 0.6) is 0 Å². The summed E-state index contributed by atoms with van der Waals surface area (Å²) >= 11 is 0. The summed E-state index contributed by atoms with van der Waals surface area (Å²) in [6.07, 6.45) is 2.45. The standard InChI is InChI=1S/C16H23N5/c1-11(2)12-7-9-21(10-8-12)15-13-5-3-4-6-14(13)18-16(19-15)20-17/h3-6,11-12H,7-10,17H2,1-2H3,(H,18,19,20). The summed E-state index contributed by atoms with van der Waals surface area (Å²) in [5, 5.41) is 1.10. The molecule has 0 amide bonds. The first kappa shape index (κ1) is 14.1. The molecule has 112 valence electrons. The fourth-order valence-electron chi connectivity index (χ4n) is 3.14. The van der Waals surface area contributed by atoms with Gasteiger partial charge in [-0.15, -0.1) is 0 Å². The lowest BCUT2D eigenvalue weighted by molar-refractivity contribution is 0.311. The molecule has 1 fully saturated rings. The van der Waals surface area contributed by atoms with Gasteiger partial charge < -0.3 is 4.90 Å². The fraction of sp³-hybridized carbons (Fsp3) is 0.500. The summed E-state index contributed by atoms with van der Waals surface area (Å²) in [4.78, 5) is 11.4. The number of fused-ring (bicyclic) bond motifs is 1. The molecule has 1 saturated heterocycles. The molecule has 0 unspecified atom stereocenters. The van der Waals surface area contributed by atoms with Crippen molar-refractivity contribution in [3.8, 4) is 0 Å². The van der Waals surface area contributed by atoms with E-state index in [1.54, 1.807) is 0 Å². The molecule has 0 spiro atoms. The molecule has 0 atom stereocenters. The maximum Gasteiger partial charge on any atom is 0.239 e. The van der Waals surface area contributed by atoms with E-state index in [1.807, 2.05) is 18.2 Å². The molecule has 1 aromatic carbocycles. The molecule has 2 aromatic rings. The third kappa shape index (κ3) is 2.78. The molecule has 0 bridgehead atoms. The molecule has 0 saturated carbocycles. The summed E-state index contributed by atoms with van der Waals surface area (Å²) in [5.74, 6) is 8.57. The van der Waals surface area contributed by atoms with Gasteiger partial charge in [-0.25, -0.2) is 10.8 Å². The number of benzene rings is 1. The predicted octanol–water partition coefficient (Wildman–Crippen LogP) is 2.79. The number of nitrogens with one attached hydrogen (secondary N) is 1. The Balaban J connectivity index is 1.93. The van der Waals surface area contributed by atoms with Gasteiger partial charge in [0.25, 0.3) is 0 Å². The number of nitrogens with zero attached hydrogens (tertiary/aromatic N) is 3. The van der Waals surface area contributed by atoms with E-state index in [2.05, 4.69) is 40.2 Å². The summed E-state index contributed by atoms with van der Waals surface area (Å²) in [6.45, 7) is 6.73. The highest BCUT2D eigenvalue weighted by molar-refractivity contribution is 5.90. The number of rotatable bonds is 3. The number of hydrazine groups is 1. The van der Waals surface area contributed by atoms with Crippen LogP contribution in [0.15, 0.2) is 24.3 Å². The number of aromatic nitrogens is 2. The number of nitrogen functional groups attached to an aromatic ring is 1. The number of nitrogens with two attached hydrogens (primary N) is 1. The van der Waals surface area contributed by atoms with Gasteiger partial charge in [0.05, 0.1) is 5.52 Å². The van der Waals surface area contributed by atoms with E-state index < -0.39 is 0 Å². The molecule has 3 rings (SSSR count). The van der Waals surface area contributed by atoms with E-state index in [1.165, 1.54) is 12.8 Å². The molecule has 1 aliphatic heterocycles. The van der Waals surface area contributed by atoms with Gasteiger partial charge in [0.1, 0.15) is 5.82 Å². The van der Waals surface area contributed by atoms with E-state index in [9.17, 15) is 0 Å². The lowest BCUT2D eigenvalue weighted by Gasteiger charge is -2.35. The first-order chi connectivity index (χ1) is 10.2. The minimum atomic E-state index is 0.481. The third-order valence-corrected chi connectivity index (χ3v) is 4.49. The largest absolute Gasteiger partial charge is 0.356 e. The highest BCUT2D eigenvalue weighted by Gasteiger charge is 2.23. The Morgan fingerprint density at radius 3 is 2.57 bits per heavy atom. The zero-order valence-electron chi connectivity index (χ0n) is 12.7. The first-order valence-corrected chi connectivity index (χ1v) is 7.67. The van der Waals surface area contributed by atoms with Crippen LogP contribution in [0.3, 0.4) is 0 Å². The Morgan fingerprint density at radius 2 is 1.90 bits per heavy atom. The van der Waals surface area contributed by atoms with Crippen LogP contribution in [-0.2, 0) is 0 Å². The monoisotopic (exact) mass is 285 g/mol. The number of para-hydroxylation sites is 1. The SMILES string of the molecule is CC(C)C1CCN(c2nc(NN)nc3ccccc23)CC1. The molecule has 5 nitrogen and oxygen atoms in total. The van der Waals surface area contributed by atoms with E-state index in [0.717, 1.165) is 41.6 Å². The first-order valence-electron chi connectivity index (χ1n) is 7.67. The topological polar surface area (TPSA) is 67.1 Å². The van der Waals surface area contributed by atoms with Crippen LogP contribution in [0.25, 0.3) is 10.9 Å². The van der Waals surface area contributed by atoms with Gasteiger partial charge in [-0.3, -0.25) is 5.43 Å². The summed E-state index contributed by atoms with van der Waals surface area (Å²) in [7, 11) is 0. The minimum Gasteiger partial charge on any atom is -0.356 e. The Kier molecular flexibility index (Phi) is 3.92. The smallest absolute Gasteiger partial charge is 0.239 e. The highest BCUT2D eigenvalue weighted by atomic mass is 15.3. The van der Waals surface area contributed by atoms with E-state index in [0.29, 0.717) is 5.95 Å². The predicted molar refractivity (Wildman–Crippen MR) is 87.1 cm³/mol. The molecular formula is C16H23N5. The van der Waals surface area contributed by atoms with Crippen molar-refractivity contribution in [1.82, 2.24) is 9.97 Å². The maximum absolute atomic E-state index is 5.51. The second-order valence-electron chi connectivity index (χ2n) is 6.10. The molecule has 5 heteroatoms. The van der Waals surface area contributed by atoms with Gasteiger partial charge in [0.15, 0.2) is 0 Å². The molecule has 0 aliphatic carbocycles. The molecule has 1 aliphatic rings. The van der Waals surface area contributed by atoms with Gasteiger partial charge >= 0.3 is 0 Å². The molecule has 1 aromatic heterocycles. The van der Waals surface area contributed by atoms with E-state index >= 15 is 0 Å². The van der Waals surface area contributed by atoms with Crippen molar-refractivity contribution in [3.63, 3.8) is 0 Å². The van der Waals surface area contributed by atoms with Gasteiger partial charge in [-0.05, 0) is 36.8 Å². The maximum atomic E-state index is 5.51. The zero-order chi connectivity index (χ0) is 14.8.